The van der Waals surface area contributed by atoms with Crippen LogP contribution in [0.5, 0.6) is 5.75 Å². The van der Waals surface area contributed by atoms with Crippen LogP contribution in [0.2, 0.25) is 0 Å². The summed E-state index contributed by atoms with van der Waals surface area (Å²) in [5.74, 6) is -0.613. The predicted octanol–water partition coefficient (Wildman–Crippen LogP) is 5.35. The summed E-state index contributed by atoms with van der Waals surface area (Å²) >= 11 is 0. The summed E-state index contributed by atoms with van der Waals surface area (Å²) in [5, 5.41) is 0. The van der Waals surface area contributed by atoms with Crippen LogP contribution < -0.4 is 4.74 Å². The van der Waals surface area contributed by atoms with Crippen molar-refractivity contribution in [3.05, 3.63) is 47.9 Å². The molecule has 0 saturated carbocycles. The van der Waals surface area contributed by atoms with Gasteiger partial charge in [-0.3, -0.25) is 4.98 Å². The fourth-order valence-electron chi connectivity index (χ4n) is 3.76. The van der Waals surface area contributed by atoms with Crippen molar-refractivity contribution >= 4 is 5.97 Å². The molecule has 2 heterocycles. The lowest BCUT2D eigenvalue weighted by atomic mass is 9.89. The standard InChI is InChI=1S/C24H28F4N2O3/c1-23(2,24(26,27)28)15-30-10-8-16(9-11-30)14-33-18-5-7-21(29-13-18)17-4-6-19(20(25)12-17)22(31)32-3/h4-7,12-13,16H,8-11,14-15H2,1-3H3. The summed E-state index contributed by atoms with van der Waals surface area (Å²) in [5.41, 5.74) is -0.833. The molecule has 1 aliphatic heterocycles. The van der Waals surface area contributed by atoms with Gasteiger partial charge in [0.2, 0.25) is 0 Å². The number of carbonyl (C=O) groups is 1. The fraction of sp³-hybridized carbons (Fsp3) is 0.500. The molecule has 1 aromatic heterocycles. The van der Waals surface area contributed by atoms with Gasteiger partial charge in [0.25, 0.3) is 0 Å². The van der Waals surface area contributed by atoms with Crippen LogP contribution in [0.15, 0.2) is 36.5 Å². The minimum Gasteiger partial charge on any atom is -0.492 e. The number of halogens is 4. The van der Waals surface area contributed by atoms with E-state index in [0.717, 1.165) is 12.8 Å². The number of likely N-dealkylation sites (tertiary alicyclic amines) is 1. The molecule has 0 N–H and O–H groups in total. The van der Waals surface area contributed by atoms with Crippen molar-refractivity contribution in [2.75, 3.05) is 33.4 Å². The highest BCUT2D eigenvalue weighted by Crippen LogP contribution is 2.38. The Morgan fingerprint density at radius 3 is 2.39 bits per heavy atom. The quantitative estimate of drug-likeness (QED) is 0.405. The maximum Gasteiger partial charge on any atom is 0.395 e. The largest absolute Gasteiger partial charge is 0.492 e. The van der Waals surface area contributed by atoms with Crippen LogP contribution in [0.4, 0.5) is 17.6 Å². The van der Waals surface area contributed by atoms with Crippen LogP contribution in [0.1, 0.15) is 37.0 Å². The van der Waals surface area contributed by atoms with Crippen LogP contribution in [-0.2, 0) is 4.74 Å². The molecule has 1 aromatic carbocycles. The molecule has 0 aliphatic carbocycles. The lowest BCUT2D eigenvalue weighted by Crippen LogP contribution is -2.46. The summed E-state index contributed by atoms with van der Waals surface area (Å²) in [6.45, 7) is 4.15. The van der Waals surface area contributed by atoms with Crippen LogP contribution in [0.25, 0.3) is 11.3 Å². The molecule has 0 atom stereocenters. The first-order valence-electron chi connectivity index (χ1n) is 10.8. The van der Waals surface area contributed by atoms with Gasteiger partial charge in [-0.15, -0.1) is 0 Å². The second-order valence-corrected chi connectivity index (χ2v) is 8.98. The molecule has 0 amide bonds. The monoisotopic (exact) mass is 468 g/mol. The number of alkyl halides is 3. The van der Waals surface area contributed by atoms with E-state index in [1.165, 1.54) is 33.1 Å². The van der Waals surface area contributed by atoms with Crippen molar-refractivity contribution < 1.29 is 31.8 Å². The van der Waals surface area contributed by atoms with E-state index >= 15 is 0 Å². The van der Waals surface area contributed by atoms with E-state index in [1.807, 2.05) is 4.90 Å². The highest BCUT2D eigenvalue weighted by molar-refractivity contribution is 5.90. The summed E-state index contributed by atoms with van der Waals surface area (Å²) < 4.78 is 63.8. The van der Waals surface area contributed by atoms with E-state index in [4.69, 9.17) is 4.74 Å². The second kappa shape index (κ2) is 10.1. The molecule has 2 aromatic rings. The van der Waals surface area contributed by atoms with Gasteiger partial charge in [0.05, 0.1) is 36.6 Å². The van der Waals surface area contributed by atoms with Gasteiger partial charge in [-0.05, 0) is 70.0 Å². The number of rotatable bonds is 7. The molecule has 1 aliphatic rings. The van der Waals surface area contributed by atoms with Gasteiger partial charge in [0, 0.05) is 12.1 Å². The number of nitrogens with zero attached hydrogens (tertiary/aromatic N) is 2. The van der Waals surface area contributed by atoms with Gasteiger partial charge in [-0.2, -0.15) is 13.2 Å². The molecule has 9 heteroatoms. The summed E-state index contributed by atoms with van der Waals surface area (Å²) in [6.07, 6.45) is -1.14. The second-order valence-electron chi connectivity index (χ2n) is 8.98. The van der Waals surface area contributed by atoms with Crippen molar-refractivity contribution in [2.24, 2.45) is 11.3 Å². The molecule has 3 rings (SSSR count). The summed E-state index contributed by atoms with van der Waals surface area (Å²) in [7, 11) is 1.19. The van der Waals surface area contributed by atoms with Crippen molar-refractivity contribution in [3.8, 4) is 17.0 Å². The van der Waals surface area contributed by atoms with E-state index in [9.17, 15) is 22.4 Å². The van der Waals surface area contributed by atoms with E-state index in [1.54, 1.807) is 24.4 Å². The number of carbonyl (C=O) groups excluding carboxylic acids is 1. The number of benzene rings is 1. The van der Waals surface area contributed by atoms with Crippen molar-refractivity contribution in [1.82, 2.24) is 9.88 Å². The molecule has 1 fully saturated rings. The van der Waals surface area contributed by atoms with Crippen molar-refractivity contribution in [2.45, 2.75) is 32.9 Å². The Kier molecular flexibility index (Phi) is 7.62. The van der Waals surface area contributed by atoms with E-state index in [-0.39, 0.29) is 18.0 Å². The third-order valence-corrected chi connectivity index (χ3v) is 5.99. The number of ether oxygens (including phenoxy) is 2. The minimum absolute atomic E-state index is 0.00331. The third kappa shape index (κ3) is 6.22. The smallest absolute Gasteiger partial charge is 0.395 e. The molecule has 0 unspecified atom stereocenters. The summed E-state index contributed by atoms with van der Waals surface area (Å²) in [6, 6.07) is 7.60. The molecular weight excluding hydrogens is 440 g/mol. The zero-order chi connectivity index (χ0) is 24.2. The Hall–Kier alpha value is -2.68. The predicted molar refractivity (Wildman–Crippen MR) is 115 cm³/mol. The molecule has 0 spiro atoms. The zero-order valence-corrected chi connectivity index (χ0v) is 18.9. The van der Waals surface area contributed by atoms with E-state index in [2.05, 4.69) is 9.72 Å². The topological polar surface area (TPSA) is 51.7 Å². The lowest BCUT2D eigenvalue weighted by molar-refractivity contribution is -0.217. The van der Waals surface area contributed by atoms with Gasteiger partial charge in [-0.25, -0.2) is 9.18 Å². The highest BCUT2D eigenvalue weighted by atomic mass is 19.4. The number of hydrogen-bond acceptors (Lipinski definition) is 5. The Morgan fingerprint density at radius 1 is 1.15 bits per heavy atom. The average Bonchev–Trinajstić information content (AvgIpc) is 2.77. The Morgan fingerprint density at radius 2 is 1.85 bits per heavy atom. The van der Waals surface area contributed by atoms with Crippen molar-refractivity contribution in [3.63, 3.8) is 0 Å². The van der Waals surface area contributed by atoms with E-state index in [0.29, 0.717) is 36.7 Å². The normalized spacial score (nSPS) is 16.0. The van der Waals surface area contributed by atoms with Gasteiger partial charge in [-0.1, -0.05) is 6.07 Å². The fourth-order valence-corrected chi connectivity index (χ4v) is 3.76. The average molecular weight is 468 g/mol. The molecule has 0 bridgehead atoms. The number of aromatic nitrogens is 1. The Labute approximate surface area is 190 Å². The number of piperidine rings is 1. The molecule has 1 saturated heterocycles. The van der Waals surface area contributed by atoms with Crippen LogP contribution in [0.3, 0.4) is 0 Å². The maximum atomic E-state index is 14.1. The maximum absolute atomic E-state index is 14.1. The number of pyridine rings is 1. The first kappa shape index (κ1) is 25.0. The number of hydrogen-bond donors (Lipinski definition) is 0. The first-order valence-corrected chi connectivity index (χ1v) is 10.8. The van der Waals surface area contributed by atoms with Crippen molar-refractivity contribution in [1.29, 1.82) is 0 Å². The molecule has 180 valence electrons. The van der Waals surface area contributed by atoms with E-state index < -0.39 is 23.4 Å². The summed E-state index contributed by atoms with van der Waals surface area (Å²) in [4.78, 5) is 17.7. The minimum atomic E-state index is -4.22. The van der Waals surface area contributed by atoms with Gasteiger partial charge >= 0.3 is 12.1 Å². The molecule has 33 heavy (non-hydrogen) atoms. The highest BCUT2D eigenvalue weighted by Gasteiger charge is 2.48. The number of esters is 1. The Bertz CT molecular complexity index is 953. The lowest BCUT2D eigenvalue weighted by Gasteiger charge is -2.38. The van der Waals surface area contributed by atoms with Gasteiger partial charge < -0.3 is 14.4 Å². The Balaban J connectivity index is 1.50. The third-order valence-electron chi connectivity index (χ3n) is 5.99. The van der Waals surface area contributed by atoms with Crippen LogP contribution >= 0.6 is 0 Å². The van der Waals surface area contributed by atoms with Gasteiger partial charge in [0.15, 0.2) is 0 Å². The molecule has 5 nitrogen and oxygen atoms in total. The SMILES string of the molecule is COC(=O)c1ccc(-c2ccc(OCC3CCN(CC(C)(C)C(F)(F)F)CC3)cn2)cc1F. The molecular formula is C24H28F4N2O3. The first-order chi connectivity index (χ1) is 15.5. The molecule has 0 radical (unpaired) electrons. The number of methoxy groups -OCH3 is 1. The van der Waals surface area contributed by atoms with Crippen LogP contribution in [-0.4, -0.2) is 55.4 Å². The van der Waals surface area contributed by atoms with Crippen LogP contribution in [0, 0.1) is 17.2 Å². The zero-order valence-electron chi connectivity index (χ0n) is 18.9. The van der Waals surface area contributed by atoms with Gasteiger partial charge in [0.1, 0.15) is 11.6 Å².